The van der Waals surface area contributed by atoms with Crippen LogP contribution in [-0.2, 0) is 4.79 Å². The summed E-state index contributed by atoms with van der Waals surface area (Å²) in [5, 5.41) is 12.6. The van der Waals surface area contributed by atoms with Crippen LogP contribution in [-0.4, -0.2) is 5.91 Å². The zero-order valence-electron chi connectivity index (χ0n) is 15.3. The van der Waals surface area contributed by atoms with Crippen LogP contribution in [0.4, 0.5) is 28.4 Å². The van der Waals surface area contributed by atoms with Crippen molar-refractivity contribution in [3.05, 3.63) is 89.6 Å². The van der Waals surface area contributed by atoms with Crippen molar-refractivity contribution < 1.29 is 4.79 Å². The molecule has 5 N–H and O–H groups in total. The average Bonchev–Trinajstić information content (AvgIpc) is 2.73. The van der Waals surface area contributed by atoms with Crippen LogP contribution in [0.25, 0.3) is 0 Å². The van der Waals surface area contributed by atoms with Crippen molar-refractivity contribution in [1.82, 2.24) is 0 Å². The van der Waals surface area contributed by atoms with E-state index in [1.54, 1.807) is 29.2 Å². The predicted octanol–water partition coefficient (Wildman–Crippen LogP) is 4.69. The van der Waals surface area contributed by atoms with E-state index in [2.05, 4.69) is 5.32 Å². The Labute approximate surface area is 173 Å². The van der Waals surface area contributed by atoms with Gasteiger partial charge in [-0.3, -0.25) is 4.79 Å². The Morgan fingerprint density at radius 1 is 1.00 bits per heavy atom. The summed E-state index contributed by atoms with van der Waals surface area (Å²) in [6.07, 6.45) is 1.48. The van der Waals surface area contributed by atoms with Gasteiger partial charge in [0.25, 0.3) is 5.91 Å². The third-order valence-electron chi connectivity index (χ3n) is 4.09. The second kappa shape index (κ2) is 8.83. The van der Waals surface area contributed by atoms with Gasteiger partial charge in [-0.25, -0.2) is 0 Å². The monoisotopic (exact) mass is 403 g/mol. The minimum absolute atomic E-state index is 0.0846. The van der Waals surface area contributed by atoms with Gasteiger partial charge in [-0.2, -0.15) is 5.26 Å². The Morgan fingerprint density at radius 3 is 2.28 bits per heavy atom. The fraction of sp³-hybridized carbons (Fsp3) is 0. The molecule has 0 saturated carbocycles. The van der Waals surface area contributed by atoms with Gasteiger partial charge < -0.3 is 21.7 Å². The molecular formula is C22H18ClN5O. The minimum atomic E-state index is -0.565. The number of nitriles is 1. The third kappa shape index (κ3) is 4.86. The first kappa shape index (κ1) is 19.8. The summed E-state index contributed by atoms with van der Waals surface area (Å²) in [6.45, 7) is 0. The molecule has 29 heavy (non-hydrogen) atoms. The van der Waals surface area contributed by atoms with Gasteiger partial charge in [-0.1, -0.05) is 29.8 Å². The molecule has 6 nitrogen and oxygen atoms in total. The van der Waals surface area contributed by atoms with E-state index in [1.165, 1.54) is 12.3 Å². The first-order valence-corrected chi connectivity index (χ1v) is 9.04. The van der Waals surface area contributed by atoms with Gasteiger partial charge in [0.1, 0.15) is 11.6 Å². The molecule has 0 atom stereocenters. The molecule has 0 bridgehead atoms. The molecule has 0 heterocycles. The smallest absolute Gasteiger partial charge is 0.267 e. The molecule has 0 spiro atoms. The van der Waals surface area contributed by atoms with E-state index in [-0.39, 0.29) is 5.57 Å². The summed E-state index contributed by atoms with van der Waals surface area (Å²) in [5.74, 6) is -0.565. The van der Waals surface area contributed by atoms with Crippen molar-refractivity contribution in [2.45, 2.75) is 0 Å². The van der Waals surface area contributed by atoms with Gasteiger partial charge in [0.2, 0.25) is 0 Å². The van der Waals surface area contributed by atoms with E-state index < -0.39 is 5.91 Å². The van der Waals surface area contributed by atoms with Crippen LogP contribution < -0.4 is 21.7 Å². The molecule has 0 unspecified atom stereocenters. The predicted molar refractivity (Wildman–Crippen MR) is 118 cm³/mol. The van der Waals surface area contributed by atoms with Crippen LogP contribution in [0.15, 0.2) is 84.6 Å². The zero-order valence-corrected chi connectivity index (χ0v) is 16.1. The fourth-order valence-electron chi connectivity index (χ4n) is 2.59. The van der Waals surface area contributed by atoms with Gasteiger partial charge in [-0.15, -0.1) is 0 Å². The molecule has 3 rings (SSSR count). The summed E-state index contributed by atoms with van der Waals surface area (Å²) >= 11 is 5.99. The molecule has 0 aromatic heterocycles. The summed E-state index contributed by atoms with van der Waals surface area (Å²) in [5.41, 5.74) is 14.4. The van der Waals surface area contributed by atoms with E-state index in [4.69, 9.17) is 23.1 Å². The molecule has 0 aliphatic heterocycles. The van der Waals surface area contributed by atoms with E-state index >= 15 is 0 Å². The number of nitrogens with zero attached hydrogens (tertiary/aromatic N) is 2. The Bertz CT molecular complexity index is 1090. The highest BCUT2D eigenvalue weighted by atomic mass is 35.5. The van der Waals surface area contributed by atoms with E-state index in [1.807, 2.05) is 48.5 Å². The maximum absolute atomic E-state index is 12.7. The largest absolute Gasteiger partial charge is 0.399 e. The van der Waals surface area contributed by atoms with Crippen LogP contribution in [0.5, 0.6) is 0 Å². The number of hydrogen-bond donors (Lipinski definition) is 3. The summed E-state index contributed by atoms with van der Waals surface area (Å²) < 4.78 is 0. The lowest BCUT2D eigenvalue weighted by atomic mass is 10.2. The maximum atomic E-state index is 12.7. The summed E-state index contributed by atoms with van der Waals surface area (Å²) in [7, 11) is 0. The molecule has 0 radical (unpaired) electrons. The second-order valence-corrected chi connectivity index (χ2v) is 6.55. The highest BCUT2D eigenvalue weighted by Gasteiger charge is 2.14. The first-order chi connectivity index (χ1) is 14.0. The Balaban J connectivity index is 1.95. The van der Waals surface area contributed by atoms with Crippen LogP contribution in [0.3, 0.4) is 0 Å². The number of amides is 1. The average molecular weight is 404 g/mol. The Hall–Kier alpha value is -3.95. The van der Waals surface area contributed by atoms with Crippen molar-refractivity contribution in [2.24, 2.45) is 0 Å². The van der Waals surface area contributed by atoms with Crippen LogP contribution >= 0.6 is 11.6 Å². The Morgan fingerprint density at radius 2 is 1.66 bits per heavy atom. The van der Waals surface area contributed by atoms with Gasteiger partial charge >= 0.3 is 0 Å². The van der Waals surface area contributed by atoms with Crippen molar-refractivity contribution in [2.75, 3.05) is 21.7 Å². The number of halogens is 1. The molecule has 0 aliphatic carbocycles. The Kier molecular flexibility index (Phi) is 6.03. The van der Waals surface area contributed by atoms with Crippen LogP contribution in [0, 0.1) is 11.3 Å². The fourth-order valence-corrected chi connectivity index (χ4v) is 2.77. The number of nitrogen functional groups attached to an aromatic ring is 2. The lowest BCUT2D eigenvalue weighted by molar-refractivity contribution is -0.112. The molecule has 144 valence electrons. The number of nitrogens with one attached hydrogen (secondary N) is 1. The third-order valence-corrected chi connectivity index (χ3v) is 4.41. The van der Waals surface area contributed by atoms with Gasteiger partial charge in [-0.05, 0) is 54.6 Å². The molecule has 0 fully saturated rings. The summed E-state index contributed by atoms with van der Waals surface area (Å²) in [6, 6.07) is 23.2. The highest BCUT2D eigenvalue weighted by Crippen LogP contribution is 2.28. The van der Waals surface area contributed by atoms with E-state index in [0.717, 1.165) is 11.4 Å². The number of rotatable bonds is 5. The van der Waals surface area contributed by atoms with Gasteiger partial charge in [0.05, 0.1) is 10.7 Å². The number of nitrogens with two attached hydrogens (primary N) is 2. The number of carbonyl (C=O) groups is 1. The SMILES string of the molecule is N#C/C(=C/N(c1ccccc1)c1ccc(N)cc1)C(=O)Nc1ccc(N)c(Cl)c1. The number of benzene rings is 3. The lowest BCUT2D eigenvalue weighted by Gasteiger charge is -2.21. The van der Waals surface area contributed by atoms with E-state index in [9.17, 15) is 10.1 Å². The number of hydrogen-bond acceptors (Lipinski definition) is 5. The van der Waals surface area contributed by atoms with Crippen molar-refractivity contribution in [1.29, 1.82) is 5.26 Å². The molecule has 1 amide bonds. The second-order valence-electron chi connectivity index (χ2n) is 6.14. The molecule has 3 aromatic rings. The van der Waals surface area contributed by atoms with Crippen molar-refractivity contribution >= 4 is 45.9 Å². The highest BCUT2D eigenvalue weighted by molar-refractivity contribution is 6.33. The molecular weight excluding hydrogens is 386 g/mol. The normalized spacial score (nSPS) is 10.8. The van der Waals surface area contributed by atoms with Crippen LogP contribution in [0.1, 0.15) is 0 Å². The molecule has 0 saturated heterocycles. The standard InChI is InChI=1S/C22H18ClN5O/c23-20-12-17(8-11-21(20)26)27-22(29)15(13-24)14-28(18-4-2-1-3-5-18)19-9-6-16(25)7-10-19/h1-12,14H,25-26H2,(H,27,29)/b15-14-. The molecule has 3 aromatic carbocycles. The minimum Gasteiger partial charge on any atom is -0.399 e. The number of anilines is 5. The zero-order chi connectivity index (χ0) is 20.8. The quantitative estimate of drug-likeness (QED) is 0.325. The van der Waals surface area contributed by atoms with Gasteiger partial charge in [0, 0.05) is 28.9 Å². The number of carbonyl (C=O) groups excluding carboxylic acids is 1. The topological polar surface area (TPSA) is 108 Å². The maximum Gasteiger partial charge on any atom is 0.267 e. The first-order valence-electron chi connectivity index (χ1n) is 8.66. The molecule has 0 aliphatic rings. The van der Waals surface area contributed by atoms with Crippen molar-refractivity contribution in [3.63, 3.8) is 0 Å². The van der Waals surface area contributed by atoms with Crippen molar-refractivity contribution in [3.8, 4) is 6.07 Å². The number of para-hydroxylation sites is 1. The molecule has 7 heteroatoms. The summed E-state index contributed by atoms with van der Waals surface area (Å²) in [4.78, 5) is 14.4. The van der Waals surface area contributed by atoms with E-state index in [0.29, 0.717) is 22.1 Å². The van der Waals surface area contributed by atoms with Gasteiger partial charge in [0.15, 0.2) is 0 Å². The van der Waals surface area contributed by atoms with Crippen LogP contribution in [0.2, 0.25) is 5.02 Å². The lowest BCUT2D eigenvalue weighted by Crippen LogP contribution is -2.18.